The number of halogens is 5. The maximum absolute atomic E-state index is 13.2. The molecule has 1 aromatic carbocycles. The van der Waals surface area contributed by atoms with Crippen LogP contribution in [0.3, 0.4) is 0 Å². The largest absolute Gasteiger partial charge is 0.416 e. The van der Waals surface area contributed by atoms with E-state index in [1.165, 1.54) is 0 Å². The van der Waals surface area contributed by atoms with Gasteiger partial charge in [0.15, 0.2) is 17.0 Å². The Bertz CT molecular complexity index is 1360. The van der Waals surface area contributed by atoms with Crippen molar-refractivity contribution < 1.29 is 21.6 Å². The number of aromatic nitrogens is 4. The Morgan fingerprint density at radius 2 is 1.68 bits per heavy atom. The smallest absolute Gasteiger partial charge is 0.351 e. The van der Waals surface area contributed by atoms with Crippen LogP contribution in [0.2, 0.25) is 0 Å². The van der Waals surface area contributed by atoms with E-state index >= 15 is 0 Å². The molecule has 210 valence electrons. The van der Waals surface area contributed by atoms with Crippen LogP contribution in [0.1, 0.15) is 63.0 Å². The molecule has 38 heavy (non-hydrogen) atoms. The molecule has 2 saturated carbocycles. The SMILES string of the molecule is Cl.Cl.N[C@H]1CC[C@H](Nc2nc(NS(=O)(=O)c3cccc(C(F)(F)F)c3)c3ncn(C4CCCC4)c3n2)CC1. The molecule has 0 spiro atoms. The molecule has 2 fully saturated rings. The highest BCUT2D eigenvalue weighted by molar-refractivity contribution is 7.92. The molecule has 0 amide bonds. The minimum absolute atomic E-state index is 0. The summed E-state index contributed by atoms with van der Waals surface area (Å²) in [5, 5.41) is 3.29. The van der Waals surface area contributed by atoms with Gasteiger partial charge in [-0.15, -0.1) is 24.8 Å². The van der Waals surface area contributed by atoms with Crippen LogP contribution in [0.25, 0.3) is 11.2 Å². The maximum atomic E-state index is 13.2. The summed E-state index contributed by atoms with van der Waals surface area (Å²) >= 11 is 0. The molecule has 2 aliphatic carbocycles. The average Bonchev–Trinajstić information content (AvgIpc) is 3.50. The molecule has 0 saturated heterocycles. The number of benzene rings is 1. The molecule has 0 atom stereocenters. The van der Waals surface area contributed by atoms with Gasteiger partial charge in [0.2, 0.25) is 5.95 Å². The number of imidazole rings is 1. The van der Waals surface area contributed by atoms with E-state index in [4.69, 9.17) is 5.73 Å². The molecule has 2 heterocycles. The van der Waals surface area contributed by atoms with Crippen molar-refractivity contribution >= 4 is 57.8 Å². The van der Waals surface area contributed by atoms with Crippen LogP contribution < -0.4 is 15.8 Å². The number of hydrogen-bond acceptors (Lipinski definition) is 7. The zero-order valence-electron chi connectivity index (χ0n) is 20.3. The van der Waals surface area contributed by atoms with E-state index in [2.05, 4.69) is 25.0 Å². The van der Waals surface area contributed by atoms with Crippen molar-refractivity contribution in [2.45, 2.75) is 80.6 Å². The fourth-order valence-electron chi connectivity index (χ4n) is 4.97. The Kier molecular flexibility index (Phi) is 9.38. The molecule has 4 N–H and O–H groups in total. The van der Waals surface area contributed by atoms with Gasteiger partial charge in [-0.1, -0.05) is 18.9 Å². The van der Waals surface area contributed by atoms with E-state index < -0.39 is 26.7 Å². The lowest BCUT2D eigenvalue weighted by atomic mass is 9.92. The summed E-state index contributed by atoms with van der Waals surface area (Å²) in [7, 11) is -4.39. The standard InChI is InChI=1S/C23H28F3N7O2S.2ClH/c24-23(25,26)14-4-3-7-18(12-14)36(34,35)32-20-19-21(33(13-28-19)17-5-1-2-6-17)31-22(30-20)29-16-10-8-15(27)9-11-16;;/h3-4,7,12-13,15-17H,1-2,5-6,8-11,27H2,(H2,29,30,31,32);2*1H/t15-,16-;;. The van der Waals surface area contributed by atoms with Gasteiger partial charge in [0.1, 0.15) is 0 Å². The maximum Gasteiger partial charge on any atom is 0.416 e. The van der Waals surface area contributed by atoms with Gasteiger partial charge in [-0.2, -0.15) is 23.1 Å². The van der Waals surface area contributed by atoms with Gasteiger partial charge in [0, 0.05) is 18.1 Å². The Hall–Kier alpha value is -2.35. The summed E-state index contributed by atoms with van der Waals surface area (Å²) < 4.78 is 70.1. The molecule has 15 heteroatoms. The van der Waals surface area contributed by atoms with Crippen molar-refractivity contribution in [2.24, 2.45) is 5.73 Å². The van der Waals surface area contributed by atoms with Crippen LogP contribution in [-0.4, -0.2) is 40.0 Å². The van der Waals surface area contributed by atoms with Crippen LogP contribution in [0.5, 0.6) is 0 Å². The number of fused-ring (bicyclic) bond motifs is 1. The quantitative estimate of drug-likeness (QED) is 0.353. The Balaban J connectivity index is 0.00000200. The molecular formula is C23H30Cl2F3N7O2S. The molecule has 9 nitrogen and oxygen atoms in total. The number of nitrogens with zero attached hydrogens (tertiary/aromatic N) is 4. The second-order valence-corrected chi connectivity index (χ2v) is 11.2. The van der Waals surface area contributed by atoms with Gasteiger partial charge >= 0.3 is 6.18 Å². The minimum atomic E-state index is -4.67. The van der Waals surface area contributed by atoms with Gasteiger partial charge in [-0.05, 0) is 56.7 Å². The van der Waals surface area contributed by atoms with E-state index in [9.17, 15) is 21.6 Å². The normalized spacial score (nSPS) is 20.5. The number of hydrogen-bond donors (Lipinski definition) is 3. The molecule has 3 aromatic rings. The number of nitrogens with one attached hydrogen (secondary N) is 2. The summed E-state index contributed by atoms with van der Waals surface area (Å²) in [5.41, 5.74) is 5.68. The Labute approximate surface area is 231 Å². The third-order valence-corrected chi connectivity index (χ3v) is 8.28. The monoisotopic (exact) mass is 595 g/mol. The van der Waals surface area contributed by atoms with Crippen molar-refractivity contribution in [3.8, 4) is 0 Å². The number of rotatable bonds is 6. The first-order chi connectivity index (χ1) is 17.1. The zero-order chi connectivity index (χ0) is 25.5. The average molecular weight is 597 g/mol. The topological polar surface area (TPSA) is 128 Å². The Morgan fingerprint density at radius 1 is 1.00 bits per heavy atom. The second-order valence-electron chi connectivity index (χ2n) is 9.55. The van der Waals surface area contributed by atoms with Crippen molar-refractivity contribution in [1.29, 1.82) is 0 Å². The molecule has 0 unspecified atom stereocenters. The second kappa shape index (κ2) is 11.8. The lowest BCUT2D eigenvalue weighted by molar-refractivity contribution is -0.137. The summed E-state index contributed by atoms with van der Waals surface area (Å²) in [6.07, 6.45) is 4.41. The highest BCUT2D eigenvalue weighted by Gasteiger charge is 2.32. The van der Waals surface area contributed by atoms with Crippen molar-refractivity contribution in [3.05, 3.63) is 36.2 Å². The van der Waals surface area contributed by atoms with Crippen LogP contribution in [0.4, 0.5) is 24.9 Å². The van der Waals surface area contributed by atoms with Crippen LogP contribution >= 0.6 is 24.8 Å². The minimum Gasteiger partial charge on any atom is -0.351 e. The highest BCUT2D eigenvalue weighted by Crippen LogP contribution is 2.34. The highest BCUT2D eigenvalue weighted by atomic mass is 35.5. The number of nitrogens with two attached hydrogens (primary N) is 1. The molecule has 0 bridgehead atoms. The van der Waals surface area contributed by atoms with Gasteiger partial charge in [-0.25, -0.2) is 13.4 Å². The van der Waals surface area contributed by atoms with E-state index in [-0.39, 0.29) is 60.2 Å². The summed E-state index contributed by atoms with van der Waals surface area (Å²) in [5.74, 6) is 0.161. The molecule has 0 radical (unpaired) electrons. The third-order valence-electron chi connectivity index (χ3n) is 6.95. The predicted molar refractivity (Wildman–Crippen MR) is 143 cm³/mol. The molecule has 2 aromatic heterocycles. The van der Waals surface area contributed by atoms with Crippen molar-refractivity contribution in [2.75, 3.05) is 10.0 Å². The lowest BCUT2D eigenvalue weighted by Crippen LogP contribution is -2.33. The Morgan fingerprint density at radius 3 is 2.34 bits per heavy atom. The van der Waals surface area contributed by atoms with Crippen molar-refractivity contribution in [3.63, 3.8) is 0 Å². The van der Waals surface area contributed by atoms with E-state index in [1.54, 1.807) is 6.33 Å². The fraction of sp³-hybridized carbons (Fsp3) is 0.522. The van der Waals surface area contributed by atoms with Gasteiger partial charge in [0.05, 0.1) is 16.8 Å². The zero-order valence-corrected chi connectivity index (χ0v) is 22.8. The summed E-state index contributed by atoms with van der Waals surface area (Å²) in [6.45, 7) is 0. The first-order valence-corrected chi connectivity index (χ1v) is 13.6. The van der Waals surface area contributed by atoms with Gasteiger partial charge < -0.3 is 15.6 Å². The first kappa shape index (κ1) is 30.2. The first-order valence-electron chi connectivity index (χ1n) is 12.1. The number of anilines is 2. The van der Waals surface area contributed by atoms with Gasteiger partial charge in [0.25, 0.3) is 10.0 Å². The van der Waals surface area contributed by atoms with Crippen molar-refractivity contribution in [1.82, 2.24) is 19.5 Å². The molecule has 5 rings (SSSR count). The van der Waals surface area contributed by atoms with Crippen LogP contribution in [0, 0.1) is 0 Å². The molecular weight excluding hydrogens is 566 g/mol. The molecule has 0 aliphatic heterocycles. The number of alkyl halides is 3. The van der Waals surface area contributed by atoms with Gasteiger partial charge in [-0.3, -0.25) is 4.72 Å². The van der Waals surface area contributed by atoms with Crippen LogP contribution in [-0.2, 0) is 16.2 Å². The lowest BCUT2D eigenvalue weighted by Gasteiger charge is -2.27. The summed E-state index contributed by atoms with van der Waals surface area (Å²) in [6, 6.07) is 4.02. The number of sulfonamides is 1. The van der Waals surface area contributed by atoms with E-state index in [0.717, 1.165) is 69.6 Å². The fourth-order valence-corrected chi connectivity index (χ4v) is 6.03. The predicted octanol–water partition coefficient (Wildman–Crippen LogP) is 5.29. The summed E-state index contributed by atoms with van der Waals surface area (Å²) in [4.78, 5) is 12.9. The van der Waals surface area contributed by atoms with Crippen LogP contribution in [0.15, 0.2) is 35.5 Å². The molecule has 2 aliphatic rings. The third kappa shape index (κ3) is 6.44. The van der Waals surface area contributed by atoms with E-state index in [0.29, 0.717) is 11.7 Å². The van der Waals surface area contributed by atoms with E-state index in [1.807, 2.05) is 4.57 Å².